The average Bonchev–Trinajstić information content (AvgIpc) is 2.76. The van der Waals surface area contributed by atoms with E-state index >= 15 is 0 Å². The molecule has 1 N–H and O–H groups in total. The molecule has 0 radical (unpaired) electrons. The van der Waals surface area contributed by atoms with Crippen LogP contribution in [0.25, 0.3) is 21.3 Å². The molecule has 0 amide bonds. The number of nitrogens with one attached hydrogen (secondary N) is 1. The van der Waals surface area contributed by atoms with Crippen molar-refractivity contribution in [3.8, 4) is 11.1 Å². The fourth-order valence-corrected chi connectivity index (χ4v) is 3.73. The second kappa shape index (κ2) is 5.79. The van der Waals surface area contributed by atoms with Gasteiger partial charge in [0, 0.05) is 22.0 Å². The van der Waals surface area contributed by atoms with Crippen LogP contribution in [0, 0.1) is 6.92 Å². The minimum Gasteiger partial charge on any atom is -0.370 e. The molecule has 2 aromatic heterocycles. The van der Waals surface area contributed by atoms with Crippen molar-refractivity contribution in [3.63, 3.8) is 0 Å². The van der Waals surface area contributed by atoms with Gasteiger partial charge in [0.05, 0.1) is 5.39 Å². The number of hydrogen-bond donors (Lipinski definition) is 1. The third kappa shape index (κ3) is 2.71. The van der Waals surface area contributed by atoms with E-state index in [2.05, 4.69) is 22.2 Å². The standard InChI is InChI=1S/C15H13Cl2N3S/c1-3-18-13-12-11(9-4-6-10(16)7-5-9)8(2)21-14(12)20-15(17)19-13/h4-7H,3H2,1-2H3,(H,18,19,20). The van der Waals surface area contributed by atoms with Gasteiger partial charge in [-0.05, 0) is 43.1 Å². The molecule has 0 unspecified atom stereocenters. The summed E-state index contributed by atoms with van der Waals surface area (Å²) in [5, 5.41) is 5.28. The van der Waals surface area contributed by atoms with Crippen molar-refractivity contribution in [1.82, 2.24) is 9.97 Å². The Bertz CT molecular complexity index is 797. The van der Waals surface area contributed by atoms with Crippen molar-refractivity contribution in [2.45, 2.75) is 13.8 Å². The van der Waals surface area contributed by atoms with E-state index in [4.69, 9.17) is 23.2 Å². The monoisotopic (exact) mass is 337 g/mol. The lowest BCUT2D eigenvalue weighted by Crippen LogP contribution is -2.01. The molecule has 0 aliphatic rings. The van der Waals surface area contributed by atoms with Gasteiger partial charge in [0.2, 0.25) is 5.28 Å². The van der Waals surface area contributed by atoms with Gasteiger partial charge in [-0.2, -0.15) is 0 Å². The Kier molecular flexibility index (Phi) is 4.02. The minimum atomic E-state index is 0.266. The van der Waals surface area contributed by atoms with Gasteiger partial charge >= 0.3 is 0 Å². The summed E-state index contributed by atoms with van der Waals surface area (Å²) in [7, 11) is 0. The summed E-state index contributed by atoms with van der Waals surface area (Å²) in [6.45, 7) is 4.89. The van der Waals surface area contributed by atoms with Crippen LogP contribution in [0.3, 0.4) is 0 Å². The van der Waals surface area contributed by atoms with Gasteiger partial charge < -0.3 is 5.32 Å². The number of halogens is 2. The third-order valence-electron chi connectivity index (χ3n) is 3.18. The summed E-state index contributed by atoms with van der Waals surface area (Å²) in [5.41, 5.74) is 2.24. The first-order valence-corrected chi connectivity index (χ1v) is 8.14. The molecule has 108 valence electrons. The maximum Gasteiger partial charge on any atom is 0.225 e. The largest absolute Gasteiger partial charge is 0.370 e. The molecule has 0 fully saturated rings. The molecule has 0 spiro atoms. The third-order valence-corrected chi connectivity index (χ3v) is 4.60. The van der Waals surface area contributed by atoms with E-state index in [1.165, 1.54) is 4.88 Å². The Labute approximate surface area is 137 Å². The Balaban J connectivity index is 2.31. The van der Waals surface area contributed by atoms with E-state index in [0.29, 0.717) is 0 Å². The Morgan fingerprint density at radius 2 is 1.86 bits per heavy atom. The highest BCUT2D eigenvalue weighted by atomic mass is 35.5. The molecule has 0 aliphatic heterocycles. The molecule has 0 aliphatic carbocycles. The lowest BCUT2D eigenvalue weighted by atomic mass is 10.0. The summed E-state index contributed by atoms with van der Waals surface area (Å²) in [4.78, 5) is 10.8. The molecule has 21 heavy (non-hydrogen) atoms. The maximum absolute atomic E-state index is 6.01. The number of nitrogens with zero attached hydrogens (tertiary/aromatic N) is 2. The molecular weight excluding hydrogens is 325 g/mol. The first-order valence-electron chi connectivity index (χ1n) is 6.56. The van der Waals surface area contributed by atoms with E-state index < -0.39 is 0 Å². The number of aromatic nitrogens is 2. The predicted molar refractivity (Wildman–Crippen MR) is 91.8 cm³/mol. The second-order valence-electron chi connectivity index (χ2n) is 4.59. The molecule has 0 saturated heterocycles. The van der Waals surface area contributed by atoms with Crippen LogP contribution in [0.15, 0.2) is 24.3 Å². The molecule has 0 atom stereocenters. The van der Waals surface area contributed by atoms with Crippen LogP contribution in [0.2, 0.25) is 10.3 Å². The highest BCUT2D eigenvalue weighted by Gasteiger charge is 2.17. The summed E-state index contributed by atoms with van der Waals surface area (Å²) >= 11 is 13.6. The van der Waals surface area contributed by atoms with E-state index in [0.717, 1.165) is 38.7 Å². The van der Waals surface area contributed by atoms with Crippen LogP contribution in [0.5, 0.6) is 0 Å². The van der Waals surface area contributed by atoms with Crippen molar-refractivity contribution in [1.29, 1.82) is 0 Å². The van der Waals surface area contributed by atoms with Gasteiger partial charge in [-0.3, -0.25) is 0 Å². The highest BCUT2D eigenvalue weighted by Crippen LogP contribution is 2.41. The lowest BCUT2D eigenvalue weighted by Gasteiger charge is -2.08. The molecule has 0 bridgehead atoms. The van der Waals surface area contributed by atoms with Crippen LogP contribution >= 0.6 is 34.5 Å². The van der Waals surface area contributed by atoms with Crippen molar-refractivity contribution >= 4 is 50.6 Å². The normalized spacial score (nSPS) is 11.0. The molecule has 0 saturated carbocycles. The molecule has 1 aromatic carbocycles. The number of anilines is 1. The molecule has 6 heteroatoms. The fraction of sp³-hybridized carbons (Fsp3) is 0.200. The van der Waals surface area contributed by atoms with Crippen molar-refractivity contribution in [2.75, 3.05) is 11.9 Å². The summed E-state index contributed by atoms with van der Waals surface area (Å²) in [6, 6.07) is 7.81. The number of benzene rings is 1. The number of rotatable bonds is 3. The van der Waals surface area contributed by atoms with Gasteiger partial charge in [0.25, 0.3) is 0 Å². The zero-order valence-electron chi connectivity index (χ0n) is 11.6. The Hall–Kier alpha value is -1.36. The summed E-state index contributed by atoms with van der Waals surface area (Å²) < 4.78 is 0. The second-order valence-corrected chi connectivity index (χ2v) is 6.57. The SMILES string of the molecule is CCNc1nc(Cl)nc2sc(C)c(-c3ccc(Cl)cc3)c12. The van der Waals surface area contributed by atoms with Crippen LogP contribution in [-0.2, 0) is 0 Å². The zero-order chi connectivity index (χ0) is 15.0. The number of thiophene rings is 1. The van der Waals surface area contributed by atoms with Gasteiger partial charge in [-0.1, -0.05) is 23.7 Å². The topological polar surface area (TPSA) is 37.8 Å². The van der Waals surface area contributed by atoms with E-state index in [1.54, 1.807) is 11.3 Å². The molecule has 3 nitrogen and oxygen atoms in total. The van der Waals surface area contributed by atoms with Gasteiger partial charge in [0.15, 0.2) is 0 Å². The molecule has 3 rings (SSSR count). The number of aryl methyl sites for hydroxylation is 1. The van der Waals surface area contributed by atoms with Crippen LogP contribution in [0.4, 0.5) is 5.82 Å². The minimum absolute atomic E-state index is 0.266. The van der Waals surface area contributed by atoms with Crippen LogP contribution in [0.1, 0.15) is 11.8 Å². The van der Waals surface area contributed by atoms with E-state index in [1.807, 2.05) is 31.2 Å². The fourth-order valence-electron chi connectivity index (χ4n) is 2.34. The zero-order valence-corrected chi connectivity index (χ0v) is 13.9. The first-order chi connectivity index (χ1) is 10.1. The molecule has 3 aromatic rings. The smallest absolute Gasteiger partial charge is 0.225 e. The average molecular weight is 338 g/mol. The van der Waals surface area contributed by atoms with Gasteiger partial charge in [-0.25, -0.2) is 9.97 Å². The number of hydrogen-bond acceptors (Lipinski definition) is 4. The summed E-state index contributed by atoms with van der Waals surface area (Å²) in [6.07, 6.45) is 0. The van der Waals surface area contributed by atoms with E-state index in [-0.39, 0.29) is 5.28 Å². The van der Waals surface area contributed by atoms with Crippen LogP contribution in [-0.4, -0.2) is 16.5 Å². The highest BCUT2D eigenvalue weighted by molar-refractivity contribution is 7.19. The van der Waals surface area contributed by atoms with Crippen molar-refractivity contribution < 1.29 is 0 Å². The van der Waals surface area contributed by atoms with Gasteiger partial charge in [-0.15, -0.1) is 11.3 Å². The lowest BCUT2D eigenvalue weighted by molar-refractivity contribution is 1.15. The molecule has 2 heterocycles. The van der Waals surface area contributed by atoms with Gasteiger partial charge in [0.1, 0.15) is 10.6 Å². The summed E-state index contributed by atoms with van der Waals surface area (Å²) in [5.74, 6) is 0.779. The Morgan fingerprint density at radius 3 is 2.52 bits per heavy atom. The van der Waals surface area contributed by atoms with E-state index in [9.17, 15) is 0 Å². The number of fused-ring (bicyclic) bond motifs is 1. The van der Waals surface area contributed by atoms with Crippen molar-refractivity contribution in [2.24, 2.45) is 0 Å². The maximum atomic E-state index is 6.01. The molecular formula is C15H13Cl2N3S. The predicted octanol–water partition coefficient (Wildman–Crippen LogP) is 5.41. The first kappa shape index (κ1) is 14.6. The van der Waals surface area contributed by atoms with Crippen LogP contribution < -0.4 is 5.32 Å². The van der Waals surface area contributed by atoms with Crippen molar-refractivity contribution in [3.05, 3.63) is 39.4 Å². The Morgan fingerprint density at radius 1 is 1.14 bits per heavy atom. The quantitative estimate of drug-likeness (QED) is 0.649.